The Hall–Kier alpha value is -2.11. The van der Waals surface area contributed by atoms with Crippen LogP contribution in [0.5, 0.6) is 0 Å². The van der Waals surface area contributed by atoms with Crippen LogP contribution < -0.4 is 5.16 Å². The number of nitrogens with one attached hydrogen (secondary N) is 1. The van der Waals surface area contributed by atoms with Crippen molar-refractivity contribution in [2.75, 3.05) is 0 Å². The van der Waals surface area contributed by atoms with Gasteiger partial charge in [0.25, 0.3) is 0 Å². The molecule has 6 heteroatoms. The van der Waals surface area contributed by atoms with Gasteiger partial charge >= 0.3 is 6.18 Å². The average molecular weight is 259 g/mol. The van der Waals surface area contributed by atoms with Crippen LogP contribution in [0, 0.1) is 11.0 Å². The van der Waals surface area contributed by atoms with E-state index in [2.05, 4.69) is 6.58 Å². The van der Waals surface area contributed by atoms with Crippen molar-refractivity contribution >= 4 is 11.8 Å². The highest BCUT2D eigenvalue weighted by molar-refractivity contribution is 5.87. The van der Waals surface area contributed by atoms with Crippen molar-refractivity contribution in [2.24, 2.45) is 0 Å². The van der Waals surface area contributed by atoms with E-state index >= 15 is 0 Å². The number of hydrogen-bond acceptors (Lipinski definition) is 1. The lowest BCUT2D eigenvalue weighted by molar-refractivity contribution is -0.366. The summed E-state index contributed by atoms with van der Waals surface area (Å²) in [5.41, 5.74) is -1.30. The number of hydrogen-bond donors (Lipinski definition) is 1. The molecule has 18 heavy (non-hydrogen) atoms. The lowest BCUT2D eigenvalue weighted by atomic mass is 9.99. The second-order valence-corrected chi connectivity index (χ2v) is 3.30. The molecule has 0 saturated heterocycles. The van der Waals surface area contributed by atoms with Crippen LogP contribution in [0.1, 0.15) is 11.1 Å². The van der Waals surface area contributed by atoms with Crippen LogP contribution in [-0.4, -0.2) is 6.21 Å². The molecule has 1 aromatic rings. The lowest BCUT2D eigenvalue weighted by Crippen LogP contribution is -2.59. The molecule has 2 nitrogen and oxygen atoms in total. The maximum Gasteiger partial charge on any atom is 0.417 e. The molecule has 0 saturated carbocycles. The molecule has 0 aliphatic heterocycles. The van der Waals surface area contributed by atoms with Crippen LogP contribution >= 0.6 is 0 Å². The van der Waals surface area contributed by atoms with Gasteiger partial charge in [0.15, 0.2) is 6.21 Å². The van der Waals surface area contributed by atoms with Crippen molar-refractivity contribution in [3.63, 3.8) is 0 Å². The van der Waals surface area contributed by atoms with Gasteiger partial charge in [-0.15, -0.1) is 0 Å². The molecule has 1 rings (SSSR count). The second kappa shape index (κ2) is 5.48. The van der Waals surface area contributed by atoms with Gasteiger partial charge in [0.05, 0.1) is 5.56 Å². The molecule has 0 aliphatic rings. The fourth-order valence-electron chi connectivity index (χ4n) is 1.39. The maximum atomic E-state index is 12.9. The van der Waals surface area contributed by atoms with Gasteiger partial charge in [-0.25, -0.2) is 9.55 Å². The summed E-state index contributed by atoms with van der Waals surface area (Å²) in [4.78, 5) is 0. The quantitative estimate of drug-likeness (QED) is 0.291. The van der Waals surface area contributed by atoms with Crippen molar-refractivity contribution in [3.05, 3.63) is 59.1 Å². The van der Waals surface area contributed by atoms with Gasteiger partial charge in [0, 0.05) is 6.08 Å². The molecule has 0 amide bonds. The third kappa shape index (κ3) is 3.19. The first-order valence-corrected chi connectivity index (χ1v) is 4.81. The summed E-state index contributed by atoms with van der Waals surface area (Å²) in [6.45, 7) is 3.36. The molecule has 0 fully saturated rings. The molecule has 0 atom stereocenters. The minimum absolute atomic E-state index is 0.0608. The lowest BCUT2D eigenvalue weighted by Gasteiger charge is -2.13. The van der Waals surface area contributed by atoms with Crippen LogP contribution in [0.25, 0.3) is 5.57 Å². The Bertz CT molecular complexity index is 503. The highest BCUT2D eigenvalue weighted by Gasteiger charge is 2.34. The van der Waals surface area contributed by atoms with E-state index in [9.17, 15) is 22.8 Å². The Morgan fingerprint density at radius 2 is 2.00 bits per heavy atom. The summed E-state index contributed by atoms with van der Waals surface area (Å²) in [6.07, 6.45) is -1.50. The number of rotatable bonds is 3. The predicted molar refractivity (Wildman–Crippen MR) is 60.0 cm³/mol. The topological polar surface area (TPSA) is 37.0 Å². The molecular weight excluding hydrogens is 250 g/mol. The van der Waals surface area contributed by atoms with Gasteiger partial charge < -0.3 is 5.21 Å². The van der Waals surface area contributed by atoms with Gasteiger partial charge in [0.1, 0.15) is 5.82 Å². The van der Waals surface area contributed by atoms with Crippen LogP contribution in [-0.2, 0) is 6.18 Å². The molecule has 1 aromatic carbocycles. The first-order valence-electron chi connectivity index (χ1n) is 4.81. The molecule has 1 N–H and O–H groups in total. The van der Waals surface area contributed by atoms with Crippen molar-refractivity contribution in [1.82, 2.24) is 0 Å². The number of alkyl halides is 3. The van der Waals surface area contributed by atoms with Crippen molar-refractivity contribution in [2.45, 2.75) is 6.18 Å². The van der Waals surface area contributed by atoms with E-state index in [4.69, 9.17) is 0 Å². The number of benzene rings is 1. The first kappa shape index (κ1) is 14.0. The monoisotopic (exact) mass is 259 g/mol. The highest BCUT2D eigenvalue weighted by Crippen LogP contribution is 2.35. The van der Waals surface area contributed by atoms with Gasteiger partial charge in [0.2, 0.25) is 0 Å². The zero-order chi connectivity index (χ0) is 13.8. The summed E-state index contributed by atoms with van der Waals surface area (Å²) in [5, 5.41) is 11.5. The van der Waals surface area contributed by atoms with Crippen molar-refractivity contribution < 1.29 is 22.7 Å². The third-order valence-electron chi connectivity index (χ3n) is 2.15. The van der Waals surface area contributed by atoms with Gasteiger partial charge in [-0.1, -0.05) is 18.7 Å². The Labute approximate surface area is 101 Å². The first-order chi connectivity index (χ1) is 8.40. The fourth-order valence-corrected chi connectivity index (χ4v) is 1.39. The molecule has 0 aliphatic carbocycles. The van der Waals surface area contributed by atoms with E-state index in [1.165, 1.54) is 5.16 Å². The predicted octanol–water partition coefficient (Wildman–Crippen LogP) is 2.06. The van der Waals surface area contributed by atoms with Gasteiger partial charge in [-0.2, -0.15) is 13.2 Å². The minimum atomic E-state index is -4.69. The summed E-state index contributed by atoms with van der Waals surface area (Å²) >= 11 is 0. The molecule has 0 unspecified atom stereocenters. The van der Waals surface area contributed by atoms with Crippen LogP contribution in [0.4, 0.5) is 17.6 Å². The number of allylic oxidation sites excluding steroid dienone is 3. The molecule has 0 radical (unpaired) electrons. The van der Waals surface area contributed by atoms with Gasteiger partial charge in [-0.05, 0) is 23.3 Å². The fraction of sp³-hybridized carbons (Fsp3) is 0.0833. The summed E-state index contributed by atoms with van der Waals surface area (Å²) < 4.78 is 51.1. The van der Waals surface area contributed by atoms with E-state index in [1.54, 1.807) is 0 Å². The van der Waals surface area contributed by atoms with Gasteiger partial charge in [-0.3, -0.25) is 0 Å². The molecule has 0 aromatic heterocycles. The Kier molecular flexibility index (Phi) is 4.25. The van der Waals surface area contributed by atoms with Crippen molar-refractivity contribution in [3.8, 4) is 0 Å². The largest absolute Gasteiger partial charge is 0.625 e. The zero-order valence-electron chi connectivity index (χ0n) is 9.09. The molecule has 96 valence electrons. The Morgan fingerprint density at radius 1 is 1.33 bits per heavy atom. The van der Waals surface area contributed by atoms with Crippen LogP contribution in [0.3, 0.4) is 0 Å². The van der Waals surface area contributed by atoms with Crippen molar-refractivity contribution in [1.29, 1.82) is 0 Å². The summed E-state index contributed by atoms with van der Waals surface area (Å²) in [6, 6.07) is 2.30. The molecule has 0 bridgehead atoms. The minimum Gasteiger partial charge on any atom is -0.625 e. The highest BCUT2D eigenvalue weighted by atomic mass is 19.4. The van der Waals surface area contributed by atoms with E-state index in [0.717, 1.165) is 30.5 Å². The van der Waals surface area contributed by atoms with Crippen LogP contribution in [0.2, 0.25) is 0 Å². The van der Waals surface area contributed by atoms with E-state index in [-0.39, 0.29) is 11.1 Å². The van der Waals surface area contributed by atoms with Crippen LogP contribution in [0.15, 0.2) is 36.9 Å². The van der Waals surface area contributed by atoms with E-state index < -0.39 is 17.6 Å². The standard InChI is InChI=1S/C12H9F4NO/c1-2-8(5-6-17-18)10-4-3-9(13)7-11(10)12(14,15)16/h2-7,17H,1H2/b8-5+,17-6+. The summed E-state index contributed by atoms with van der Waals surface area (Å²) in [5.74, 6) is -0.986. The molecule has 0 spiro atoms. The van der Waals surface area contributed by atoms with E-state index in [0.29, 0.717) is 6.07 Å². The average Bonchev–Trinajstić information content (AvgIpc) is 2.30. The maximum absolute atomic E-state index is 12.9. The Balaban J connectivity index is 3.44. The number of halogens is 4. The second-order valence-electron chi connectivity index (χ2n) is 3.30. The molecular formula is C12H9F4NO. The normalized spacial score (nSPS) is 13.0. The van der Waals surface area contributed by atoms with E-state index in [1.807, 2.05) is 0 Å². The zero-order valence-corrected chi connectivity index (χ0v) is 9.09. The summed E-state index contributed by atoms with van der Waals surface area (Å²) in [7, 11) is 0. The molecule has 0 heterocycles. The third-order valence-corrected chi connectivity index (χ3v) is 2.15. The SMILES string of the molecule is C=C/C(=C\C=[NH+]\[O-])c1ccc(F)cc1C(F)(F)F. The Morgan fingerprint density at radius 3 is 2.50 bits per heavy atom. The smallest absolute Gasteiger partial charge is 0.417 e.